The Morgan fingerprint density at radius 1 is 1.42 bits per heavy atom. The van der Waals surface area contributed by atoms with Crippen LogP contribution in [-0.2, 0) is 14.1 Å². The minimum Gasteiger partial charge on any atom is -0.328 e. The molecule has 8 nitrogen and oxygen atoms in total. The third kappa shape index (κ3) is 2.90. The molecule has 0 unspecified atom stereocenters. The number of hydrogen-bond donors (Lipinski definition) is 2. The Morgan fingerprint density at radius 2 is 2.16 bits per heavy atom. The van der Waals surface area contributed by atoms with E-state index in [1.165, 1.54) is 0 Å². The number of carbonyl (C=O) groups is 1. The lowest BCUT2D eigenvalue weighted by Gasteiger charge is -2.13. The van der Waals surface area contributed by atoms with E-state index in [2.05, 4.69) is 25.9 Å². The lowest BCUT2D eigenvalue weighted by atomic mass is 10.3. The first-order chi connectivity index (χ1) is 8.97. The van der Waals surface area contributed by atoms with Gasteiger partial charge in [0.1, 0.15) is 12.1 Å². The van der Waals surface area contributed by atoms with Crippen molar-refractivity contribution in [1.82, 2.24) is 29.9 Å². The van der Waals surface area contributed by atoms with Crippen LogP contribution in [0.5, 0.6) is 0 Å². The van der Waals surface area contributed by atoms with E-state index in [4.69, 9.17) is 0 Å². The lowest BCUT2D eigenvalue weighted by Crippen LogP contribution is -2.33. The second-order valence-corrected chi connectivity index (χ2v) is 4.41. The van der Waals surface area contributed by atoms with Crippen LogP contribution in [0.15, 0.2) is 12.4 Å². The molecule has 0 bridgehead atoms. The molecule has 0 fully saturated rings. The first kappa shape index (κ1) is 13.1. The zero-order valence-electron chi connectivity index (χ0n) is 11.4. The predicted molar refractivity (Wildman–Crippen MR) is 69.5 cm³/mol. The van der Waals surface area contributed by atoms with Gasteiger partial charge in [0.25, 0.3) is 0 Å². The number of nitrogens with one attached hydrogen (secondary N) is 2. The van der Waals surface area contributed by atoms with E-state index in [1.807, 2.05) is 20.9 Å². The Bertz CT molecular complexity index is 586. The quantitative estimate of drug-likeness (QED) is 0.854. The molecule has 8 heteroatoms. The van der Waals surface area contributed by atoms with Crippen molar-refractivity contribution >= 4 is 11.8 Å². The Labute approximate surface area is 110 Å². The Balaban J connectivity index is 1.98. The summed E-state index contributed by atoms with van der Waals surface area (Å²) < 4.78 is 3.38. The van der Waals surface area contributed by atoms with E-state index < -0.39 is 0 Å². The monoisotopic (exact) mass is 263 g/mol. The zero-order valence-corrected chi connectivity index (χ0v) is 11.4. The number of amides is 2. The van der Waals surface area contributed by atoms with Gasteiger partial charge in [-0.3, -0.25) is 10.00 Å². The molecule has 1 atom stereocenters. The third-order valence-electron chi connectivity index (χ3n) is 2.72. The van der Waals surface area contributed by atoms with E-state index in [9.17, 15) is 4.79 Å². The van der Waals surface area contributed by atoms with Gasteiger partial charge in [0.15, 0.2) is 5.82 Å². The SMILES string of the molecule is Cc1cc(NC(=O)N[C@H](C)c2nncn2C)n(C)n1. The van der Waals surface area contributed by atoms with Gasteiger partial charge in [-0.1, -0.05) is 0 Å². The minimum absolute atomic E-state index is 0.234. The van der Waals surface area contributed by atoms with Crippen LogP contribution in [0.25, 0.3) is 0 Å². The largest absolute Gasteiger partial charge is 0.328 e. The molecule has 0 aliphatic rings. The van der Waals surface area contributed by atoms with Crippen LogP contribution < -0.4 is 10.6 Å². The maximum absolute atomic E-state index is 11.9. The molecule has 2 aromatic heterocycles. The van der Waals surface area contributed by atoms with Gasteiger partial charge in [-0.05, 0) is 13.8 Å². The summed E-state index contributed by atoms with van der Waals surface area (Å²) in [6.45, 7) is 3.71. The summed E-state index contributed by atoms with van der Waals surface area (Å²) in [6.07, 6.45) is 1.59. The van der Waals surface area contributed by atoms with Gasteiger partial charge >= 0.3 is 6.03 Å². The number of carbonyl (C=O) groups excluding carboxylic acids is 1. The van der Waals surface area contributed by atoms with Crippen LogP contribution in [0.2, 0.25) is 0 Å². The van der Waals surface area contributed by atoms with Gasteiger partial charge < -0.3 is 9.88 Å². The number of urea groups is 1. The van der Waals surface area contributed by atoms with Crippen molar-refractivity contribution in [3.05, 3.63) is 23.9 Å². The highest BCUT2D eigenvalue weighted by Gasteiger charge is 2.15. The fourth-order valence-corrected chi connectivity index (χ4v) is 1.83. The van der Waals surface area contributed by atoms with Crippen molar-refractivity contribution < 1.29 is 4.79 Å². The van der Waals surface area contributed by atoms with Crippen molar-refractivity contribution in [2.75, 3.05) is 5.32 Å². The summed E-state index contributed by atoms with van der Waals surface area (Å²) in [7, 11) is 3.60. The van der Waals surface area contributed by atoms with Crippen LogP contribution in [0.4, 0.5) is 10.6 Å². The van der Waals surface area contributed by atoms with E-state index in [-0.39, 0.29) is 12.1 Å². The first-order valence-electron chi connectivity index (χ1n) is 5.89. The molecule has 2 rings (SSSR count). The molecule has 0 spiro atoms. The van der Waals surface area contributed by atoms with Gasteiger partial charge in [0.2, 0.25) is 0 Å². The van der Waals surface area contributed by atoms with Gasteiger partial charge in [-0.15, -0.1) is 10.2 Å². The molecule has 102 valence electrons. The van der Waals surface area contributed by atoms with Gasteiger partial charge in [-0.25, -0.2) is 4.79 Å². The molecule has 0 aliphatic heterocycles. The molecule has 0 radical (unpaired) electrons. The number of nitrogens with zero attached hydrogens (tertiary/aromatic N) is 5. The highest BCUT2D eigenvalue weighted by molar-refractivity contribution is 5.88. The Kier molecular flexibility index (Phi) is 3.50. The number of aromatic nitrogens is 5. The van der Waals surface area contributed by atoms with Crippen LogP contribution >= 0.6 is 0 Å². The summed E-state index contributed by atoms with van der Waals surface area (Å²) in [5.41, 5.74) is 0.846. The van der Waals surface area contributed by atoms with Crippen molar-refractivity contribution in [3.63, 3.8) is 0 Å². The zero-order chi connectivity index (χ0) is 14.0. The molecule has 0 aromatic carbocycles. The molecule has 2 heterocycles. The molecule has 2 amide bonds. The maximum Gasteiger partial charge on any atom is 0.320 e. The molecule has 2 aromatic rings. The van der Waals surface area contributed by atoms with Crippen LogP contribution in [0.3, 0.4) is 0 Å². The number of hydrogen-bond acceptors (Lipinski definition) is 4. The van der Waals surface area contributed by atoms with Gasteiger partial charge in [-0.2, -0.15) is 5.10 Å². The Hall–Kier alpha value is -2.38. The first-order valence-corrected chi connectivity index (χ1v) is 5.89. The van der Waals surface area contributed by atoms with E-state index >= 15 is 0 Å². The van der Waals surface area contributed by atoms with Crippen molar-refractivity contribution in [2.45, 2.75) is 19.9 Å². The van der Waals surface area contributed by atoms with E-state index in [1.54, 1.807) is 28.7 Å². The average molecular weight is 263 g/mol. The van der Waals surface area contributed by atoms with Crippen molar-refractivity contribution in [2.24, 2.45) is 14.1 Å². The minimum atomic E-state index is -0.307. The summed E-state index contributed by atoms with van der Waals surface area (Å²) in [5.74, 6) is 1.33. The van der Waals surface area contributed by atoms with Crippen molar-refractivity contribution in [3.8, 4) is 0 Å². The average Bonchev–Trinajstić information content (AvgIpc) is 2.85. The molecular weight excluding hydrogens is 246 g/mol. The second-order valence-electron chi connectivity index (χ2n) is 4.41. The standard InChI is InChI=1S/C11H17N7O/c1-7-5-9(18(4)16-7)14-11(19)13-8(2)10-15-12-6-17(10)3/h5-6,8H,1-4H3,(H2,13,14,19)/t8-/m1/s1. The van der Waals surface area contributed by atoms with E-state index in [0.29, 0.717) is 11.6 Å². The second kappa shape index (κ2) is 5.09. The van der Waals surface area contributed by atoms with Gasteiger partial charge in [0.05, 0.1) is 11.7 Å². The highest BCUT2D eigenvalue weighted by Crippen LogP contribution is 2.10. The van der Waals surface area contributed by atoms with Crippen LogP contribution in [0.1, 0.15) is 24.5 Å². The molecule has 0 saturated heterocycles. The van der Waals surface area contributed by atoms with Crippen molar-refractivity contribution in [1.29, 1.82) is 0 Å². The summed E-state index contributed by atoms with van der Waals surface area (Å²) in [5, 5.41) is 17.4. The smallest absolute Gasteiger partial charge is 0.320 e. The Morgan fingerprint density at radius 3 is 2.68 bits per heavy atom. The molecule has 2 N–H and O–H groups in total. The topological polar surface area (TPSA) is 89.7 Å². The van der Waals surface area contributed by atoms with Crippen LogP contribution in [0, 0.1) is 6.92 Å². The fourth-order valence-electron chi connectivity index (χ4n) is 1.83. The number of aryl methyl sites for hydroxylation is 3. The molecule has 19 heavy (non-hydrogen) atoms. The number of anilines is 1. The maximum atomic E-state index is 11.9. The van der Waals surface area contributed by atoms with E-state index in [0.717, 1.165) is 5.69 Å². The highest BCUT2D eigenvalue weighted by atomic mass is 16.2. The molecular formula is C11H17N7O. The fraction of sp³-hybridized carbons (Fsp3) is 0.455. The third-order valence-corrected chi connectivity index (χ3v) is 2.72. The summed E-state index contributed by atoms with van der Waals surface area (Å²) in [6, 6.07) is 1.26. The normalized spacial score (nSPS) is 12.2. The molecule has 0 aliphatic carbocycles. The predicted octanol–water partition coefficient (Wildman–Crippen LogP) is 0.740. The lowest BCUT2D eigenvalue weighted by molar-refractivity contribution is 0.248. The summed E-state index contributed by atoms with van der Waals surface area (Å²) >= 11 is 0. The van der Waals surface area contributed by atoms with Crippen LogP contribution in [-0.4, -0.2) is 30.6 Å². The van der Waals surface area contributed by atoms with Gasteiger partial charge in [0, 0.05) is 20.2 Å². The summed E-state index contributed by atoms with van der Waals surface area (Å²) in [4.78, 5) is 11.9. The molecule has 0 saturated carbocycles. The number of rotatable bonds is 3.